The molecular formula is C12H13ClN2S. The number of imidazole rings is 1. The highest BCUT2D eigenvalue weighted by atomic mass is 35.5. The lowest BCUT2D eigenvalue weighted by molar-refractivity contribution is 0.921. The normalized spacial score (nSPS) is 10.7. The fourth-order valence-corrected chi connectivity index (χ4v) is 2.20. The average Bonchev–Trinajstić information content (AvgIpc) is 2.63. The first-order valence-electron chi connectivity index (χ1n) is 5.19. The number of benzene rings is 1. The van der Waals surface area contributed by atoms with Crippen LogP contribution in [0, 0.1) is 11.7 Å². The van der Waals surface area contributed by atoms with Gasteiger partial charge in [-0.25, -0.2) is 0 Å². The summed E-state index contributed by atoms with van der Waals surface area (Å²) in [6.07, 6.45) is 2.85. The summed E-state index contributed by atoms with van der Waals surface area (Å²) in [5.74, 6) is 0. The van der Waals surface area contributed by atoms with Crippen molar-refractivity contribution in [1.82, 2.24) is 9.55 Å². The van der Waals surface area contributed by atoms with Gasteiger partial charge in [0.15, 0.2) is 4.77 Å². The number of nitrogens with zero attached hydrogens (tertiary/aromatic N) is 1. The highest BCUT2D eigenvalue weighted by Gasteiger charge is 2.08. The van der Waals surface area contributed by atoms with Gasteiger partial charge in [0.1, 0.15) is 0 Å². The van der Waals surface area contributed by atoms with Crippen LogP contribution in [0.25, 0.3) is 5.69 Å². The molecular weight excluding hydrogens is 240 g/mol. The summed E-state index contributed by atoms with van der Waals surface area (Å²) < 4.78 is 2.68. The first-order valence-corrected chi connectivity index (χ1v) is 5.98. The molecule has 0 aliphatic heterocycles. The lowest BCUT2D eigenvalue weighted by Crippen LogP contribution is -2.00. The molecule has 0 amide bonds. The molecule has 84 valence electrons. The number of hydrogen-bond acceptors (Lipinski definition) is 1. The highest BCUT2D eigenvalue weighted by molar-refractivity contribution is 7.71. The molecule has 1 heterocycles. The Morgan fingerprint density at radius 3 is 2.88 bits per heavy atom. The lowest BCUT2D eigenvalue weighted by atomic mass is 10.2. The van der Waals surface area contributed by atoms with E-state index in [4.69, 9.17) is 23.8 Å². The van der Waals surface area contributed by atoms with Gasteiger partial charge in [0.25, 0.3) is 0 Å². The second-order valence-electron chi connectivity index (χ2n) is 3.73. The maximum Gasteiger partial charge on any atom is 0.182 e. The molecule has 1 aromatic heterocycles. The Balaban J connectivity index is 2.71. The Kier molecular flexibility index (Phi) is 3.17. The van der Waals surface area contributed by atoms with Crippen molar-refractivity contribution in [2.75, 3.05) is 0 Å². The van der Waals surface area contributed by atoms with E-state index in [9.17, 15) is 0 Å². The predicted octanol–water partition coefficient (Wildman–Crippen LogP) is 4.06. The van der Waals surface area contributed by atoms with Gasteiger partial charge >= 0.3 is 0 Å². The third kappa shape index (κ3) is 1.93. The van der Waals surface area contributed by atoms with Crippen molar-refractivity contribution in [1.29, 1.82) is 0 Å². The van der Waals surface area contributed by atoms with E-state index in [1.807, 2.05) is 35.9 Å². The van der Waals surface area contributed by atoms with E-state index >= 15 is 0 Å². The molecule has 0 spiro atoms. The van der Waals surface area contributed by atoms with Crippen molar-refractivity contribution < 1.29 is 0 Å². The first-order chi connectivity index (χ1) is 7.63. The topological polar surface area (TPSA) is 20.7 Å². The molecule has 0 radical (unpaired) electrons. The molecule has 0 saturated carbocycles. The molecule has 4 heteroatoms. The maximum atomic E-state index is 6.21. The van der Waals surface area contributed by atoms with Crippen LogP contribution in [0.5, 0.6) is 0 Å². The van der Waals surface area contributed by atoms with Crippen LogP contribution in [0.3, 0.4) is 0 Å². The first kappa shape index (κ1) is 11.4. The van der Waals surface area contributed by atoms with Crippen molar-refractivity contribution in [3.05, 3.63) is 45.4 Å². The molecule has 2 rings (SSSR count). The SMILES string of the molecule is CCc1c[nH]c(=S)n1-c1cc(C)ccc1Cl. The average molecular weight is 253 g/mol. The quantitative estimate of drug-likeness (QED) is 0.800. The van der Waals surface area contributed by atoms with E-state index in [0.29, 0.717) is 4.77 Å². The summed E-state index contributed by atoms with van der Waals surface area (Å²) in [6.45, 7) is 4.14. The molecule has 0 atom stereocenters. The molecule has 0 fully saturated rings. The molecule has 0 aliphatic carbocycles. The van der Waals surface area contributed by atoms with Crippen LogP contribution in [0.2, 0.25) is 5.02 Å². The minimum absolute atomic E-state index is 0.685. The van der Waals surface area contributed by atoms with E-state index < -0.39 is 0 Å². The van der Waals surface area contributed by atoms with Crippen LogP contribution in [0.4, 0.5) is 0 Å². The largest absolute Gasteiger partial charge is 0.337 e. The Morgan fingerprint density at radius 2 is 2.19 bits per heavy atom. The van der Waals surface area contributed by atoms with Crippen LogP contribution >= 0.6 is 23.8 Å². The summed E-state index contributed by atoms with van der Waals surface area (Å²) in [4.78, 5) is 3.05. The van der Waals surface area contributed by atoms with Crippen molar-refractivity contribution in [2.45, 2.75) is 20.3 Å². The number of aromatic amines is 1. The summed E-state index contributed by atoms with van der Waals surface area (Å²) in [6, 6.07) is 5.94. The molecule has 1 N–H and O–H groups in total. The molecule has 0 bridgehead atoms. The number of halogens is 1. The Hall–Kier alpha value is -1.06. The van der Waals surface area contributed by atoms with Gasteiger partial charge in [0.2, 0.25) is 0 Å². The van der Waals surface area contributed by atoms with E-state index in [0.717, 1.165) is 22.8 Å². The van der Waals surface area contributed by atoms with Gasteiger partial charge in [-0.15, -0.1) is 0 Å². The second-order valence-corrected chi connectivity index (χ2v) is 4.52. The molecule has 0 aliphatic rings. The van der Waals surface area contributed by atoms with E-state index in [-0.39, 0.29) is 0 Å². The van der Waals surface area contributed by atoms with Crippen LogP contribution in [-0.4, -0.2) is 9.55 Å². The van der Waals surface area contributed by atoms with E-state index in [1.54, 1.807) is 0 Å². The highest BCUT2D eigenvalue weighted by Crippen LogP contribution is 2.23. The Morgan fingerprint density at radius 1 is 1.44 bits per heavy atom. The van der Waals surface area contributed by atoms with Crippen molar-refractivity contribution in [2.24, 2.45) is 0 Å². The smallest absolute Gasteiger partial charge is 0.182 e. The zero-order chi connectivity index (χ0) is 11.7. The Labute approximate surface area is 105 Å². The van der Waals surface area contributed by atoms with Gasteiger partial charge < -0.3 is 4.98 Å². The van der Waals surface area contributed by atoms with Crippen LogP contribution < -0.4 is 0 Å². The van der Waals surface area contributed by atoms with E-state index in [2.05, 4.69) is 11.9 Å². The number of nitrogens with one attached hydrogen (secondary N) is 1. The van der Waals surface area contributed by atoms with E-state index in [1.165, 1.54) is 5.56 Å². The summed E-state index contributed by atoms with van der Waals surface area (Å²) in [7, 11) is 0. The van der Waals surface area contributed by atoms with Gasteiger partial charge in [-0.3, -0.25) is 4.57 Å². The van der Waals surface area contributed by atoms with Crippen molar-refractivity contribution in [3.8, 4) is 5.69 Å². The molecule has 16 heavy (non-hydrogen) atoms. The Bertz CT molecular complexity index is 569. The minimum Gasteiger partial charge on any atom is -0.337 e. The summed E-state index contributed by atoms with van der Waals surface area (Å²) >= 11 is 11.5. The summed E-state index contributed by atoms with van der Waals surface area (Å²) in [5.41, 5.74) is 3.26. The number of rotatable bonds is 2. The van der Waals surface area contributed by atoms with Gasteiger partial charge in [-0.1, -0.05) is 24.6 Å². The third-order valence-electron chi connectivity index (χ3n) is 2.56. The van der Waals surface area contributed by atoms with Gasteiger partial charge in [-0.05, 0) is 43.3 Å². The van der Waals surface area contributed by atoms with Crippen LogP contribution in [0.1, 0.15) is 18.2 Å². The zero-order valence-corrected chi connectivity index (χ0v) is 10.8. The molecule has 1 aromatic carbocycles. The standard InChI is InChI=1S/C12H13ClN2S/c1-3-9-7-14-12(16)15(9)11-6-8(2)4-5-10(11)13/h4-7H,3H2,1-2H3,(H,14,16). The fraction of sp³-hybridized carbons (Fsp3) is 0.250. The molecule has 0 unspecified atom stereocenters. The zero-order valence-electron chi connectivity index (χ0n) is 9.25. The number of H-pyrrole nitrogens is 1. The van der Waals surface area contributed by atoms with Gasteiger partial charge in [-0.2, -0.15) is 0 Å². The number of aryl methyl sites for hydroxylation is 2. The monoisotopic (exact) mass is 252 g/mol. The minimum atomic E-state index is 0.685. The van der Waals surface area contributed by atoms with Crippen LogP contribution in [0.15, 0.2) is 24.4 Å². The predicted molar refractivity (Wildman–Crippen MR) is 70.1 cm³/mol. The van der Waals surface area contributed by atoms with Crippen LogP contribution in [-0.2, 0) is 6.42 Å². The third-order valence-corrected chi connectivity index (χ3v) is 3.18. The molecule has 2 nitrogen and oxygen atoms in total. The molecule has 0 saturated heterocycles. The lowest BCUT2D eigenvalue weighted by Gasteiger charge is -2.09. The second kappa shape index (κ2) is 4.44. The summed E-state index contributed by atoms with van der Waals surface area (Å²) in [5, 5.41) is 0.719. The number of aromatic nitrogens is 2. The van der Waals surface area contributed by atoms with Crippen molar-refractivity contribution >= 4 is 23.8 Å². The fourth-order valence-electron chi connectivity index (χ4n) is 1.72. The maximum absolute atomic E-state index is 6.21. The van der Waals surface area contributed by atoms with Gasteiger partial charge in [0.05, 0.1) is 10.7 Å². The van der Waals surface area contributed by atoms with Crippen molar-refractivity contribution in [3.63, 3.8) is 0 Å². The molecule has 2 aromatic rings. The number of hydrogen-bond donors (Lipinski definition) is 1. The van der Waals surface area contributed by atoms with Gasteiger partial charge in [0, 0.05) is 11.9 Å².